The van der Waals surface area contributed by atoms with Crippen molar-refractivity contribution < 1.29 is 9.18 Å². The minimum atomic E-state index is -0.257. The normalized spacial score (nSPS) is 10.3. The molecule has 0 atom stereocenters. The number of carbonyl (C=O) groups is 1. The van der Waals surface area contributed by atoms with Crippen LogP contribution in [-0.4, -0.2) is 17.4 Å². The molecule has 5 heteroatoms. The van der Waals surface area contributed by atoms with Crippen LogP contribution in [0.4, 0.5) is 10.1 Å². The summed E-state index contributed by atoms with van der Waals surface area (Å²) in [5.41, 5.74) is 3.28. The second kappa shape index (κ2) is 8.76. The lowest BCUT2D eigenvalue weighted by molar-refractivity contribution is 0.0949. The predicted molar refractivity (Wildman–Crippen MR) is 100 cm³/mol. The number of nitrogens with one attached hydrogen (secondary N) is 2. The van der Waals surface area contributed by atoms with Crippen molar-refractivity contribution in [2.75, 3.05) is 11.9 Å². The number of aromatic nitrogens is 1. The smallest absolute Gasteiger partial charge is 0.269 e. The van der Waals surface area contributed by atoms with E-state index >= 15 is 0 Å². The van der Waals surface area contributed by atoms with E-state index in [4.69, 9.17) is 0 Å². The highest BCUT2D eigenvalue weighted by atomic mass is 19.1. The number of pyridine rings is 1. The lowest BCUT2D eigenvalue weighted by Gasteiger charge is -2.09. The molecule has 1 aromatic heterocycles. The minimum absolute atomic E-state index is 0.202. The number of halogens is 1. The first kappa shape index (κ1) is 17.6. The highest BCUT2D eigenvalue weighted by molar-refractivity contribution is 5.93. The zero-order valence-electron chi connectivity index (χ0n) is 14.3. The van der Waals surface area contributed by atoms with Gasteiger partial charge in [-0.1, -0.05) is 42.5 Å². The number of carbonyl (C=O) groups excluding carboxylic acids is 1. The van der Waals surface area contributed by atoms with Gasteiger partial charge in [0.25, 0.3) is 5.91 Å². The van der Waals surface area contributed by atoms with Gasteiger partial charge in [0.15, 0.2) is 0 Å². The number of hydrogen-bond acceptors (Lipinski definition) is 3. The Balaban J connectivity index is 1.52. The standard InChI is InChI=1S/C21H20FN3O/c22-18-8-6-17(7-9-18)15-25-19-11-13-23-20(14-19)21(26)24-12-10-16-4-2-1-3-5-16/h1-9,11,13-14H,10,12,15H2,(H,23,25)(H,24,26). The molecule has 1 amide bonds. The van der Waals surface area contributed by atoms with E-state index in [1.54, 1.807) is 30.5 Å². The molecule has 26 heavy (non-hydrogen) atoms. The maximum atomic E-state index is 12.9. The number of nitrogens with zero attached hydrogens (tertiary/aromatic N) is 1. The molecule has 0 aliphatic heterocycles. The first-order chi connectivity index (χ1) is 12.7. The number of anilines is 1. The van der Waals surface area contributed by atoms with E-state index in [0.29, 0.717) is 18.8 Å². The predicted octanol–water partition coefficient (Wildman–Crippen LogP) is 3.81. The van der Waals surface area contributed by atoms with E-state index in [2.05, 4.69) is 15.6 Å². The Morgan fingerprint density at radius 2 is 1.73 bits per heavy atom. The molecule has 0 saturated carbocycles. The summed E-state index contributed by atoms with van der Waals surface area (Å²) >= 11 is 0. The topological polar surface area (TPSA) is 54.0 Å². The molecular formula is C21H20FN3O. The van der Waals surface area contributed by atoms with Crippen molar-refractivity contribution in [2.24, 2.45) is 0 Å². The first-order valence-electron chi connectivity index (χ1n) is 8.47. The van der Waals surface area contributed by atoms with Crippen LogP contribution in [0.2, 0.25) is 0 Å². The average Bonchev–Trinajstić information content (AvgIpc) is 2.68. The van der Waals surface area contributed by atoms with Crippen molar-refractivity contribution in [3.05, 3.63) is 95.6 Å². The fourth-order valence-corrected chi connectivity index (χ4v) is 2.53. The summed E-state index contributed by atoms with van der Waals surface area (Å²) in [5, 5.41) is 6.10. The number of hydrogen-bond donors (Lipinski definition) is 2. The SMILES string of the molecule is O=C(NCCc1ccccc1)c1cc(NCc2ccc(F)cc2)ccn1. The first-order valence-corrected chi connectivity index (χ1v) is 8.47. The fraction of sp³-hybridized carbons (Fsp3) is 0.143. The molecule has 0 unspecified atom stereocenters. The third-order valence-electron chi connectivity index (χ3n) is 3.94. The largest absolute Gasteiger partial charge is 0.381 e. The lowest BCUT2D eigenvalue weighted by Crippen LogP contribution is -2.26. The monoisotopic (exact) mass is 349 g/mol. The third-order valence-corrected chi connectivity index (χ3v) is 3.94. The van der Waals surface area contributed by atoms with Gasteiger partial charge in [0.05, 0.1) is 0 Å². The van der Waals surface area contributed by atoms with Crippen LogP contribution in [0.1, 0.15) is 21.6 Å². The van der Waals surface area contributed by atoms with E-state index in [9.17, 15) is 9.18 Å². The van der Waals surface area contributed by atoms with Crippen LogP contribution in [0.25, 0.3) is 0 Å². The van der Waals surface area contributed by atoms with Gasteiger partial charge in [-0.2, -0.15) is 0 Å². The van der Waals surface area contributed by atoms with Crippen molar-refractivity contribution >= 4 is 11.6 Å². The summed E-state index contributed by atoms with van der Waals surface area (Å²) in [7, 11) is 0. The molecule has 3 rings (SSSR count). The molecule has 4 nitrogen and oxygen atoms in total. The molecule has 0 bridgehead atoms. The van der Waals surface area contributed by atoms with Crippen LogP contribution in [0.5, 0.6) is 0 Å². The van der Waals surface area contributed by atoms with Crippen LogP contribution >= 0.6 is 0 Å². The molecule has 132 valence electrons. The van der Waals surface area contributed by atoms with Gasteiger partial charge in [0.2, 0.25) is 0 Å². The minimum Gasteiger partial charge on any atom is -0.381 e. The lowest BCUT2D eigenvalue weighted by atomic mass is 10.1. The van der Waals surface area contributed by atoms with Crippen molar-refractivity contribution in [3.8, 4) is 0 Å². The molecule has 0 fully saturated rings. The zero-order chi connectivity index (χ0) is 18.2. The van der Waals surface area contributed by atoms with Crippen LogP contribution in [-0.2, 0) is 13.0 Å². The molecule has 0 radical (unpaired) electrons. The molecule has 0 spiro atoms. The van der Waals surface area contributed by atoms with Gasteiger partial charge in [-0.25, -0.2) is 4.39 Å². The van der Waals surface area contributed by atoms with Crippen LogP contribution in [0.15, 0.2) is 72.9 Å². The number of amides is 1. The summed E-state index contributed by atoms with van der Waals surface area (Å²) in [4.78, 5) is 16.4. The van der Waals surface area contributed by atoms with Gasteiger partial charge >= 0.3 is 0 Å². The van der Waals surface area contributed by atoms with Crippen LogP contribution in [0.3, 0.4) is 0 Å². The average molecular weight is 349 g/mol. The van der Waals surface area contributed by atoms with E-state index in [1.165, 1.54) is 17.7 Å². The Bertz CT molecular complexity index is 851. The fourth-order valence-electron chi connectivity index (χ4n) is 2.53. The Hall–Kier alpha value is -3.21. The molecule has 0 saturated heterocycles. The van der Waals surface area contributed by atoms with Crippen molar-refractivity contribution in [1.29, 1.82) is 0 Å². The van der Waals surface area contributed by atoms with E-state index < -0.39 is 0 Å². The molecule has 3 aromatic rings. The zero-order valence-corrected chi connectivity index (χ0v) is 14.3. The summed E-state index contributed by atoms with van der Waals surface area (Å²) in [6.45, 7) is 1.09. The van der Waals surface area contributed by atoms with Crippen molar-refractivity contribution in [2.45, 2.75) is 13.0 Å². The van der Waals surface area contributed by atoms with Gasteiger partial charge in [0, 0.05) is 25.0 Å². The van der Waals surface area contributed by atoms with E-state index in [1.807, 2.05) is 30.3 Å². The maximum Gasteiger partial charge on any atom is 0.269 e. The van der Waals surface area contributed by atoms with Crippen molar-refractivity contribution in [3.63, 3.8) is 0 Å². The van der Waals surface area contributed by atoms with Crippen LogP contribution < -0.4 is 10.6 Å². The third kappa shape index (κ3) is 5.14. The molecular weight excluding hydrogens is 329 g/mol. The van der Waals surface area contributed by atoms with Gasteiger partial charge < -0.3 is 10.6 Å². The van der Waals surface area contributed by atoms with Gasteiger partial charge in [-0.05, 0) is 41.8 Å². The molecule has 2 aromatic carbocycles. The second-order valence-corrected chi connectivity index (χ2v) is 5.90. The quantitative estimate of drug-likeness (QED) is 0.682. The second-order valence-electron chi connectivity index (χ2n) is 5.90. The summed E-state index contributed by atoms with van der Waals surface area (Å²) < 4.78 is 12.9. The van der Waals surface area contributed by atoms with E-state index in [0.717, 1.165) is 17.7 Å². The molecule has 0 aliphatic rings. The van der Waals surface area contributed by atoms with Gasteiger partial charge in [-0.3, -0.25) is 9.78 Å². The summed E-state index contributed by atoms with van der Waals surface area (Å²) in [6, 6.07) is 19.8. The summed E-state index contributed by atoms with van der Waals surface area (Å²) in [6.07, 6.45) is 2.37. The Morgan fingerprint density at radius 1 is 0.962 bits per heavy atom. The Labute approximate surface area is 152 Å². The van der Waals surface area contributed by atoms with E-state index in [-0.39, 0.29) is 11.7 Å². The maximum absolute atomic E-state index is 12.9. The molecule has 0 aliphatic carbocycles. The Morgan fingerprint density at radius 3 is 2.50 bits per heavy atom. The highest BCUT2D eigenvalue weighted by Crippen LogP contribution is 2.11. The summed E-state index contributed by atoms with van der Waals surface area (Å²) in [5.74, 6) is -0.460. The van der Waals surface area contributed by atoms with Gasteiger partial charge in [0.1, 0.15) is 11.5 Å². The number of rotatable bonds is 7. The number of benzene rings is 2. The molecule has 1 heterocycles. The van der Waals surface area contributed by atoms with Crippen molar-refractivity contribution in [1.82, 2.24) is 10.3 Å². The highest BCUT2D eigenvalue weighted by Gasteiger charge is 2.07. The molecule has 2 N–H and O–H groups in total. The van der Waals surface area contributed by atoms with Crippen LogP contribution in [0, 0.1) is 5.82 Å². The Kier molecular flexibility index (Phi) is 5.93. The van der Waals surface area contributed by atoms with Gasteiger partial charge in [-0.15, -0.1) is 0 Å².